The molecule has 1 heterocycles. The number of amides is 1. The molecule has 2 aromatic rings. The van der Waals surface area contributed by atoms with Crippen molar-refractivity contribution in [3.05, 3.63) is 64.7 Å². The van der Waals surface area contributed by atoms with Gasteiger partial charge in [0.2, 0.25) is 5.91 Å². The molecule has 2 aromatic carbocycles. The largest absolute Gasteiger partial charge is 0.493 e. The van der Waals surface area contributed by atoms with E-state index in [1.54, 1.807) is 26.4 Å². The maximum Gasteiger partial charge on any atom is 0.244 e. The highest BCUT2D eigenvalue weighted by molar-refractivity contribution is 6.30. The van der Waals surface area contributed by atoms with Gasteiger partial charge in [0.05, 0.1) is 27.3 Å². The van der Waals surface area contributed by atoms with Crippen LogP contribution in [0.1, 0.15) is 24.0 Å². The Morgan fingerprint density at radius 3 is 2.52 bits per heavy atom. The molecular formula is C23H28ClN2O3+. The first-order valence-corrected chi connectivity index (χ1v) is 10.2. The number of rotatable bonds is 7. The van der Waals surface area contributed by atoms with Crippen molar-refractivity contribution >= 4 is 23.6 Å². The minimum absolute atomic E-state index is 0.0824. The van der Waals surface area contributed by atoms with Gasteiger partial charge in [-0.2, -0.15) is 0 Å². The molecule has 0 radical (unpaired) electrons. The van der Waals surface area contributed by atoms with Crippen LogP contribution in [0.4, 0.5) is 0 Å². The number of carbonyl (C=O) groups excluding carboxylic acids is 1. The molecule has 1 saturated heterocycles. The lowest BCUT2D eigenvalue weighted by Crippen LogP contribution is -3.12. The summed E-state index contributed by atoms with van der Waals surface area (Å²) in [4.78, 5) is 13.9. The second-order valence-corrected chi connectivity index (χ2v) is 7.69. The standard InChI is InChI=1S/C23H27ClN2O3/c1-28-21-5-3-4-18(23(21)29-2)8-11-22(27)25-20-12-14-26(15-13-20)16-17-6-9-19(24)10-7-17/h3-11,20H,12-16H2,1-2H3,(H,25,27)/p+1/b11-8+. The second-order valence-electron chi connectivity index (χ2n) is 7.25. The van der Waals surface area contributed by atoms with E-state index in [0.717, 1.165) is 43.1 Å². The number of nitrogens with one attached hydrogen (secondary N) is 2. The first kappa shape index (κ1) is 21.2. The van der Waals surface area contributed by atoms with Crippen LogP contribution >= 0.6 is 11.6 Å². The van der Waals surface area contributed by atoms with E-state index < -0.39 is 0 Å². The number of para-hydroxylation sites is 1. The number of hydrogen-bond acceptors (Lipinski definition) is 3. The number of likely N-dealkylation sites (tertiary alicyclic amines) is 1. The predicted molar refractivity (Wildman–Crippen MR) is 116 cm³/mol. The highest BCUT2D eigenvalue weighted by atomic mass is 35.5. The van der Waals surface area contributed by atoms with E-state index in [9.17, 15) is 4.79 Å². The molecule has 3 rings (SSSR count). The molecule has 29 heavy (non-hydrogen) atoms. The summed E-state index contributed by atoms with van der Waals surface area (Å²) < 4.78 is 10.7. The van der Waals surface area contributed by atoms with Crippen LogP contribution < -0.4 is 19.7 Å². The molecule has 1 fully saturated rings. The van der Waals surface area contributed by atoms with Gasteiger partial charge in [-0.25, -0.2) is 0 Å². The molecule has 0 aromatic heterocycles. The van der Waals surface area contributed by atoms with Crippen LogP contribution in [-0.2, 0) is 11.3 Å². The molecule has 154 valence electrons. The van der Waals surface area contributed by atoms with Crippen molar-refractivity contribution in [3.8, 4) is 11.5 Å². The van der Waals surface area contributed by atoms with Crippen LogP contribution in [0.15, 0.2) is 48.5 Å². The Morgan fingerprint density at radius 2 is 1.86 bits per heavy atom. The molecule has 1 aliphatic rings. The first-order chi connectivity index (χ1) is 14.1. The molecule has 5 nitrogen and oxygen atoms in total. The third-order valence-corrected chi connectivity index (χ3v) is 5.51. The summed E-state index contributed by atoms with van der Waals surface area (Å²) in [5.41, 5.74) is 2.10. The maximum atomic E-state index is 12.4. The van der Waals surface area contributed by atoms with E-state index >= 15 is 0 Å². The van der Waals surface area contributed by atoms with Gasteiger partial charge in [-0.05, 0) is 24.3 Å². The summed E-state index contributed by atoms with van der Waals surface area (Å²) >= 11 is 5.95. The lowest BCUT2D eigenvalue weighted by Gasteiger charge is -2.29. The third kappa shape index (κ3) is 5.99. The molecule has 0 saturated carbocycles. The van der Waals surface area contributed by atoms with Crippen molar-refractivity contribution in [2.24, 2.45) is 0 Å². The fraction of sp³-hybridized carbons (Fsp3) is 0.348. The third-order valence-electron chi connectivity index (χ3n) is 5.25. The Morgan fingerprint density at radius 1 is 1.14 bits per heavy atom. The predicted octanol–water partition coefficient (Wildman–Crippen LogP) is 2.73. The van der Waals surface area contributed by atoms with Crippen molar-refractivity contribution in [3.63, 3.8) is 0 Å². The highest BCUT2D eigenvalue weighted by Crippen LogP contribution is 2.31. The van der Waals surface area contributed by atoms with Gasteiger partial charge in [-0.3, -0.25) is 4.79 Å². The van der Waals surface area contributed by atoms with Gasteiger partial charge in [-0.15, -0.1) is 0 Å². The summed E-state index contributed by atoms with van der Waals surface area (Å²) in [5.74, 6) is 1.19. The minimum atomic E-state index is -0.0824. The lowest BCUT2D eigenvalue weighted by atomic mass is 10.0. The van der Waals surface area contributed by atoms with E-state index in [0.29, 0.717) is 11.5 Å². The van der Waals surface area contributed by atoms with Gasteiger partial charge in [0.1, 0.15) is 6.54 Å². The molecule has 6 heteroatoms. The normalized spacial score (nSPS) is 19.1. The maximum absolute atomic E-state index is 12.4. The topological polar surface area (TPSA) is 52.0 Å². The number of ether oxygens (including phenoxy) is 2. The average molecular weight is 416 g/mol. The quantitative estimate of drug-likeness (QED) is 0.684. The molecule has 0 atom stereocenters. The Labute approximate surface area is 177 Å². The fourth-order valence-corrected chi connectivity index (χ4v) is 3.82. The number of halogens is 1. The molecule has 1 amide bonds. The number of methoxy groups -OCH3 is 2. The van der Waals surface area contributed by atoms with Crippen LogP contribution in [0.2, 0.25) is 5.02 Å². The van der Waals surface area contributed by atoms with Gasteiger partial charge >= 0.3 is 0 Å². The van der Waals surface area contributed by atoms with Gasteiger partial charge < -0.3 is 19.7 Å². The summed E-state index contributed by atoms with van der Waals surface area (Å²) in [6.45, 7) is 3.08. The molecule has 0 aliphatic carbocycles. The highest BCUT2D eigenvalue weighted by Gasteiger charge is 2.23. The van der Waals surface area contributed by atoms with Crippen LogP contribution in [0.25, 0.3) is 6.08 Å². The number of hydrogen-bond donors (Lipinski definition) is 2. The Balaban J connectivity index is 1.48. The first-order valence-electron chi connectivity index (χ1n) is 9.86. The molecule has 0 unspecified atom stereocenters. The van der Waals surface area contributed by atoms with E-state index in [4.69, 9.17) is 21.1 Å². The molecular weight excluding hydrogens is 388 g/mol. The van der Waals surface area contributed by atoms with Gasteiger partial charge in [0.25, 0.3) is 0 Å². The van der Waals surface area contributed by atoms with Crippen molar-refractivity contribution < 1.29 is 19.2 Å². The smallest absolute Gasteiger partial charge is 0.244 e. The number of benzene rings is 2. The Bertz CT molecular complexity index is 844. The monoisotopic (exact) mass is 415 g/mol. The van der Waals surface area contributed by atoms with Crippen LogP contribution in [0.5, 0.6) is 11.5 Å². The van der Waals surface area contributed by atoms with Crippen LogP contribution in [0.3, 0.4) is 0 Å². The SMILES string of the molecule is COc1cccc(/C=C/C(=O)NC2CC[NH+](Cc3ccc(Cl)cc3)CC2)c1OC. The van der Waals surface area contributed by atoms with E-state index in [1.165, 1.54) is 10.5 Å². The fourth-order valence-electron chi connectivity index (χ4n) is 3.70. The minimum Gasteiger partial charge on any atom is -0.493 e. The van der Waals surface area contributed by atoms with E-state index in [2.05, 4.69) is 17.4 Å². The summed E-state index contributed by atoms with van der Waals surface area (Å²) in [6.07, 6.45) is 5.28. The van der Waals surface area contributed by atoms with Crippen molar-refractivity contribution in [2.45, 2.75) is 25.4 Å². The zero-order chi connectivity index (χ0) is 20.6. The van der Waals surface area contributed by atoms with Crippen LogP contribution in [-0.4, -0.2) is 39.3 Å². The summed E-state index contributed by atoms with van der Waals surface area (Å²) in [6, 6.07) is 13.9. The van der Waals surface area contributed by atoms with Gasteiger partial charge in [-0.1, -0.05) is 35.9 Å². The molecule has 2 N–H and O–H groups in total. The summed E-state index contributed by atoms with van der Waals surface area (Å²) in [5, 5.41) is 3.89. The van der Waals surface area contributed by atoms with Gasteiger partial charge in [0, 0.05) is 41.1 Å². The zero-order valence-electron chi connectivity index (χ0n) is 16.9. The molecule has 0 spiro atoms. The Hall–Kier alpha value is -2.50. The lowest BCUT2D eigenvalue weighted by molar-refractivity contribution is -0.918. The zero-order valence-corrected chi connectivity index (χ0v) is 17.7. The Kier molecular flexibility index (Phi) is 7.55. The van der Waals surface area contributed by atoms with Crippen molar-refractivity contribution in [2.75, 3.05) is 27.3 Å². The van der Waals surface area contributed by atoms with Gasteiger partial charge in [0.15, 0.2) is 11.5 Å². The number of piperidine rings is 1. The van der Waals surface area contributed by atoms with Crippen molar-refractivity contribution in [1.82, 2.24) is 5.32 Å². The van der Waals surface area contributed by atoms with Crippen LogP contribution in [0, 0.1) is 0 Å². The number of carbonyl (C=O) groups is 1. The summed E-state index contributed by atoms with van der Waals surface area (Å²) in [7, 11) is 3.19. The van der Waals surface area contributed by atoms with E-state index in [1.807, 2.05) is 30.3 Å². The molecule has 1 aliphatic heterocycles. The molecule has 0 bridgehead atoms. The van der Waals surface area contributed by atoms with Crippen molar-refractivity contribution in [1.29, 1.82) is 0 Å². The number of quaternary nitrogens is 1. The second kappa shape index (κ2) is 10.3. The average Bonchev–Trinajstić information content (AvgIpc) is 2.74. The van der Waals surface area contributed by atoms with E-state index in [-0.39, 0.29) is 11.9 Å².